The van der Waals surface area contributed by atoms with Crippen LogP contribution in [-0.4, -0.2) is 16.9 Å². The maximum absolute atomic E-state index is 11.4. The Morgan fingerprint density at radius 1 is 1.06 bits per heavy atom. The minimum atomic E-state index is -0.485. The maximum atomic E-state index is 11.4. The van der Waals surface area contributed by atoms with Gasteiger partial charge in [0.15, 0.2) is 0 Å². The first-order valence-corrected chi connectivity index (χ1v) is 5.14. The van der Waals surface area contributed by atoms with Crippen molar-refractivity contribution in [3.63, 3.8) is 0 Å². The van der Waals surface area contributed by atoms with Gasteiger partial charge in [-0.2, -0.15) is 0 Å². The van der Waals surface area contributed by atoms with Crippen LogP contribution in [0.3, 0.4) is 0 Å². The summed E-state index contributed by atoms with van der Waals surface area (Å²) in [7, 11) is 0. The number of rotatable bonds is 1. The van der Waals surface area contributed by atoms with E-state index in [2.05, 4.69) is 15.6 Å². The third-order valence-electron chi connectivity index (χ3n) is 2.64. The Balaban J connectivity index is 2.08. The summed E-state index contributed by atoms with van der Waals surface area (Å²) < 4.78 is 0. The number of benzene rings is 1. The molecule has 0 radical (unpaired) electrons. The Morgan fingerprint density at radius 2 is 1.88 bits per heavy atom. The van der Waals surface area contributed by atoms with Crippen molar-refractivity contribution in [1.29, 1.82) is 0 Å². The van der Waals surface area contributed by atoms with Gasteiger partial charge in [0, 0.05) is 22.7 Å². The number of aromatic amines is 1. The molecule has 0 saturated carbocycles. The summed E-state index contributed by atoms with van der Waals surface area (Å²) in [6, 6.07) is 7.27. The molecule has 0 atom stereocenters. The van der Waals surface area contributed by atoms with Gasteiger partial charge in [-0.3, -0.25) is 10.1 Å². The van der Waals surface area contributed by atoms with Gasteiger partial charge in [0.1, 0.15) is 5.70 Å². The molecule has 0 aliphatic carbocycles. The second-order valence-corrected chi connectivity index (χ2v) is 3.76. The van der Waals surface area contributed by atoms with Crippen LogP contribution in [0.25, 0.3) is 17.0 Å². The first-order chi connectivity index (χ1) is 8.24. The van der Waals surface area contributed by atoms with Crippen molar-refractivity contribution in [2.75, 3.05) is 0 Å². The number of hydrogen-bond donors (Lipinski definition) is 3. The zero-order chi connectivity index (χ0) is 11.8. The van der Waals surface area contributed by atoms with E-state index in [1.54, 1.807) is 12.3 Å². The number of H-pyrrole nitrogens is 1. The van der Waals surface area contributed by atoms with E-state index in [4.69, 9.17) is 0 Å². The fourth-order valence-electron chi connectivity index (χ4n) is 1.85. The van der Waals surface area contributed by atoms with Gasteiger partial charge in [0.05, 0.1) is 0 Å². The second kappa shape index (κ2) is 3.48. The highest BCUT2D eigenvalue weighted by atomic mass is 16.2. The van der Waals surface area contributed by atoms with Crippen LogP contribution in [0.4, 0.5) is 4.79 Å². The molecule has 0 spiro atoms. The molecule has 3 rings (SSSR count). The molecule has 2 aromatic rings. The number of imide groups is 1. The second-order valence-electron chi connectivity index (χ2n) is 3.76. The Hall–Kier alpha value is -2.56. The summed E-state index contributed by atoms with van der Waals surface area (Å²) in [6.07, 6.45) is 3.45. The topological polar surface area (TPSA) is 74.0 Å². The highest BCUT2D eigenvalue weighted by Crippen LogP contribution is 2.20. The van der Waals surface area contributed by atoms with E-state index in [-0.39, 0.29) is 5.70 Å². The van der Waals surface area contributed by atoms with E-state index < -0.39 is 11.9 Å². The Morgan fingerprint density at radius 3 is 2.65 bits per heavy atom. The van der Waals surface area contributed by atoms with Gasteiger partial charge in [-0.05, 0) is 12.1 Å². The average molecular weight is 227 g/mol. The minimum absolute atomic E-state index is 0.264. The summed E-state index contributed by atoms with van der Waals surface area (Å²) >= 11 is 0. The molecule has 3 amide bonds. The lowest BCUT2D eigenvalue weighted by atomic mass is 10.1. The van der Waals surface area contributed by atoms with Crippen LogP contribution in [0.2, 0.25) is 0 Å². The molecule has 84 valence electrons. The summed E-state index contributed by atoms with van der Waals surface area (Å²) in [5, 5.41) is 5.62. The summed E-state index contributed by atoms with van der Waals surface area (Å²) in [4.78, 5) is 25.4. The van der Waals surface area contributed by atoms with Crippen LogP contribution in [0.5, 0.6) is 0 Å². The Kier molecular flexibility index (Phi) is 1.98. The van der Waals surface area contributed by atoms with Gasteiger partial charge in [-0.25, -0.2) is 4.79 Å². The van der Waals surface area contributed by atoms with Gasteiger partial charge in [0.25, 0.3) is 5.91 Å². The lowest BCUT2D eigenvalue weighted by Crippen LogP contribution is -2.22. The van der Waals surface area contributed by atoms with Crippen molar-refractivity contribution in [3.8, 4) is 0 Å². The van der Waals surface area contributed by atoms with E-state index in [0.717, 1.165) is 16.5 Å². The van der Waals surface area contributed by atoms with Crippen LogP contribution in [0.15, 0.2) is 36.2 Å². The molecule has 5 heteroatoms. The van der Waals surface area contributed by atoms with E-state index >= 15 is 0 Å². The third-order valence-corrected chi connectivity index (χ3v) is 2.64. The van der Waals surface area contributed by atoms with Gasteiger partial charge in [-0.1, -0.05) is 18.2 Å². The quantitative estimate of drug-likeness (QED) is 0.508. The fourth-order valence-corrected chi connectivity index (χ4v) is 1.85. The van der Waals surface area contributed by atoms with Gasteiger partial charge < -0.3 is 10.3 Å². The number of para-hydroxylation sites is 1. The molecule has 1 saturated heterocycles. The number of urea groups is 1. The number of hydrogen-bond acceptors (Lipinski definition) is 2. The lowest BCUT2D eigenvalue weighted by Gasteiger charge is -1.94. The largest absolute Gasteiger partial charge is 0.361 e. The molecule has 1 aliphatic heterocycles. The maximum Gasteiger partial charge on any atom is 0.326 e. The number of fused-ring (bicyclic) bond motifs is 1. The van der Waals surface area contributed by atoms with Crippen LogP contribution in [0, 0.1) is 0 Å². The zero-order valence-electron chi connectivity index (χ0n) is 8.78. The van der Waals surface area contributed by atoms with Crippen molar-refractivity contribution >= 4 is 28.9 Å². The SMILES string of the molecule is O=C1NC(=O)/C(=C\c2c[nH]c3ccccc23)N1. The zero-order valence-corrected chi connectivity index (χ0v) is 8.78. The number of amides is 3. The van der Waals surface area contributed by atoms with Crippen molar-refractivity contribution in [3.05, 3.63) is 41.7 Å². The molecule has 0 bridgehead atoms. The smallest absolute Gasteiger partial charge is 0.326 e. The predicted molar refractivity (Wildman–Crippen MR) is 63.0 cm³/mol. The molecular formula is C12H9N3O2. The Labute approximate surface area is 96.5 Å². The van der Waals surface area contributed by atoms with Crippen LogP contribution >= 0.6 is 0 Å². The number of carbonyl (C=O) groups excluding carboxylic acids is 2. The first-order valence-electron chi connectivity index (χ1n) is 5.14. The number of nitrogens with one attached hydrogen (secondary N) is 3. The molecule has 3 N–H and O–H groups in total. The summed E-state index contributed by atoms with van der Waals surface area (Å²) in [5.41, 5.74) is 2.12. The number of carbonyl (C=O) groups is 2. The minimum Gasteiger partial charge on any atom is -0.361 e. The van der Waals surface area contributed by atoms with E-state index in [0.29, 0.717) is 0 Å². The fraction of sp³-hybridized carbons (Fsp3) is 0. The van der Waals surface area contributed by atoms with Crippen molar-refractivity contribution < 1.29 is 9.59 Å². The predicted octanol–water partition coefficient (Wildman–Crippen LogP) is 1.35. The number of aromatic nitrogens is 1. The molecule has 1 aromatic carbocycles. The molecule has 17 heavy (non-hydrogen) atoms. The lowest BCUT2D eigenvalue weighted by molar-refractivity contribution is -0.115. The van der Waals surface area contributed by atoms with E-state index in [1.165, 1.54) is 0 Å². The van der Waals surface area contributed by atoms with Gasteiger partial charge >= 0.3 is 6.03 Å². The molecule has 5 nitrogen and oxygen atoms in total. The molecule has 1 aromatic heterocycles. The standard InChI is InChI=1S/C12H9N3O2/c16-11-10(14-12(17)15-11)5-7-6-13-9-4-2-1-3-8(7)9/h1-6,13H,(H2,14,15,16,17)/b10-5+. The average Bonchev–Trinajstić information content (AvgIpc) is 2.85. The molecular weight excluding hydrogens is 218 g/mol. The van der Waals surface area contributed by atoms with Crippen LogP contribution in [0.1, 0.15) is 5.56 Å². The normalized spacial score (nSPS) is 17.5. The van der Waals surface area contributed by atoms with Crippen molar-refractivity contribution in [1.82, 2.24) is 15.6 Å². The van der Waals surface area contributed by atoms with Crippen LogP contribution in [-0.2, 0) is 4.79 Å². The third kappa shape index (κ3) is 1.57. The molecule has 1 aliphatic rings. The van der Waals surface area contributed by atoms with E-state index in [1.807, 2.05) is 24.3 Å². The van der Waals surface area contributed by atoms with E-state index in [9.17, 15) is 9.59 Å². The molecule has 0 unspecified atom stereocenters. The Bertz CT molecular complexity index is 655. The highest BCUT2D eigenvalue weighted by molar-refractivity contribution is 6.14. The highest BCUT2D eigenvalue weighted by Gasteiger charge is 2.22. The first kappa shape index (κ1) is 9.65. The van der Waals surface area contributed by atoms with Gasteiger partial charge in [-0.15, -0.1) is 0 Å². The van der Waals surface area contributed by atoms with Crippen molar-refractivity contribution in [2.24, 2.45) is 0 Å². The van der Waals surface area contributed by atoms with Crippen molar-refractivity contribution in [2.45, 2.75) is 0 Å². The summed E-state index contributed by atoms with van der Waals surface area (Å²) in [6.45, 7) is 0. The molecule has 2 heterocycles. The van der Waals surface area contributed by atoms with Gasteiger partial charge in [0.2, 0.25) is 0 Å². The van der Waals surface area contributed by atoms with Crippen LogP contribution < -0.4 is 10.6 Å². The summed E-state index contributed by atoms with van der Waals surface area (Å²) in [5.74, 6) is -0.403. The molecule has 1 fully saturated rings. The monoisotopic (exact) mass is 227 g/mol.